The van der Waals surface area contributed by atoms with Gasteiger partial charge in [0.25, 0.3) is 5.91 Å². The molecule has 1 amide bonds. The molecule has 0 bridgehead atoms. The van der Waals surface area contributed by atoms with E-state index in [2.05, 4.69) is 10.3 Å². The van der Waals surface area contributed by atoms with Crippen LogP contribution >= 0.6 is 0 Å². The smallest absolute Gasteiger partial charge is 0.340 e. The molecule has 6 heteroatoms. The van der Waals surface area contributed by atoms with E-state index in [0.29, 0.717) is 16.8 Å². The predicted octanol–water partition coefficient (Wildman–Crippen LogP) is 6.06. The first kappa shape index (κ1) is 23.0. The van der Waals surface area contributed by atoms with Gasteiger partial charge in [-0.05, 0) is 68.7 Å². The minimum Gasteiger partial charge on any atom is -0.456 e. The molecule has 4 aromatic rings. The van der Waals surface area contributed by atoms with Crippen LogP contribution in [0.4, 0.5) is 5.69 Å². The third-order valence-electron chi connectivity index (χ3n) is 5.26. The van der Waals surface area contributed by atoms with Crippen molar-refractivity contribution in [3.8, 4) is 16.8 Å². The zero-order valence-corrected chi connectivity index (χ0v) is 19.7. The van der Waals surface area contributed by atoms with Crippen molar-refractivity contribution in [3.05, 3.63) is 102 Å². The molecule has 6 nitrogen and oxygen atoms in total. The average Bonchev–Trinajstić information content (AvgIpc) is 3.33. The van der Waals surface area contributed by atoms with Gasteiger partial charge in [-0.1, -0.05) is 42.5 Å². The van der Waals surface area contributed by atoms with Crippen LogP contribution in [0.1, 0.15) is 47.1 Å². The quantitative estimate of drug-likeness (QED) is 0.373. The summed E-state index contributed by atoms with van der Waals surface area (Å²) in [6.45, 7) is 7.31. The van der Waals surface area contributed by atoms with Gasteiger partial charge in [-0.15, -0.1) is 0 Å². The molecule has 3 aromatic carbocycles. The molecule has 34 heavy (non-hydrogen) atoms. The maximum absolute atomic E-state index is 13.4. The molecule has 1 aromatic heterocycles. The van der Waals surface area contributed by atoms with Crippen LogP contribution in [0.3, 0.4) is 0 Å². The Morgan fingerprint density at radius 2 is 1.68 bits per heavy atom. The van der Waals surface area contributed by atoms with Crippen molar-refractivity contribution < 1.29 is 14.3 Å². The molecule has 1 N–H and O–H groups in total. The molecule has 0 unspecified atom stereocenters. The molecule has 0 radical (unpaired) electrons. The summed E-state index contributed by atoms with van der Waals surface area (Å²) in [5.74, 6) is -0.805. The highest BCUT2D eigenvalue weighted by atomic mass is 16.6. The highest BCUT2D eigenvalue weighted by molar-refractivity contribution is 6.09. The lowest BCUT2D eigenvalue weighted by atomic mass is 10.0. The molecule has 172 valence electrons. The van der Waals surface area contributed by atoms with Gasteiger partial charge in [0.1, 0.15) is 5.60 Å². The van der Waals surface area contributed by atoms with Gasteiger partial charge < -0.3 is 14.6 Å². The fraction of sp³-hybridized carbons (Fsp3) is 0.179. The van der Waals surface area contributed by atoms with E-state index < -0.39 is 11.6 Å². The molecule has 0 saturated heterocycles. The van der Waals surface area contributed by atoms with Crippen molar-refractivity contribution >= 4 is 17.6 Å². The van der Waals surface area contributed by atoms with Crippen LogP contribution in [0.15, 0.2) is 85.5 Å². The zero-order chi connectivity index (χ0) is 24.3. The second-order valence-electron chi connectivity index (χ2n) is 9.05. The van der Waals surface area contributed by atoms with Gasteiger partial charge in [0.2, 0.25) is 0 Å². The first-order chi connectivity index (χ1) is 16.2. The van der Waals surface area contributed by atoms with Gasteiger partial charge in [0, 0.05) is 23.6 Å². The fourth-order valence-corrected chi connectivity index (χ4v) is 3.59. The number of anilines is 1. The summed E-state index contributed by atoms with van der Waals surface area (Å²) >= 11 is 0. The molecule has 0 saturated carbocycles. The lowest BCUT2D eigenvalue weighted by molar-refractivity contribution is 0.00708. The lowest BCUT2D eigenvalue weighted by Crippen LogP contribution is -2.25. The van der Waals surface area contributed by atoms with Crippen LogP contribution in [-0.2, 0) is 4.74 Å². The van der Waals surface area contributed by atoms with E-state index in [1.807, 2.05) is 93.1 Å². The molecule has 0 aliphatic heterocycles. The molecule has 1 heterocycles. The topological polar surface area (TPSA) is 73.2 Å². The number of ether oxygens (including phenoxy) is 1. The number of benzene rings is 3. The monoisotopic (exact) mass is 453 g/mol. The number of esters is 1. The third-order valence-corrected chi connectivity index (χ3v) is 5.26. The van der Waals surface area contributed by atoms with Crippen LogP contribution < -0.4 is 5.32 Å². The van der Waals surface area contributed by atoms with E-state index in [1.165, 1.54) is 0 Å². The summed E-state index contributed by atoms with van der Waals surface area (Å²) in [6, 6.07) is 20.8. The first-order valence-corrected chi connectivity index (χ1v) is 11.0. The largest absolute Gasteiger partial charge is 0.456 e. The molecule has 0 spiro atoms. The van der Waals surface area contributed by atoms with Crippen molar-refractivity contribution in [1.82, 2.24) is 9.55 Å². The number of imidazole rings is 1. The second kappa shape index (κ2) is 9.35. The Bertz CT molecular complexity index is 1320. The van der Waals surface area contributed by atoms with Crippen LogP contribution in [0.25, 0.3) is 16.8 Å². The molecule has 4 rings (SSSR count). The molecular formula is C28H27N3O3. The van der Waals surface area contributed by atoms with Crippen molar-refractivity contribution in [2.24, 2.45) is 0 Å². The van der Waals surface area contributed by atoms with Gasteiger partial charge in [0.15, 0.2) is 0 Å². The number of hydrogen-bond acceptors (Lipinski definition) is 4. The number of rotatable bonds is 5. The lowest BCUT2D eigenvalue weighted by Gasteiger charge is -2.21. The van der Waals surface area contributed by atoms with Crippen LogP contribution in [-0.4, -0.2) is 27.0 Å². The maximum atomic E-state index is 13.4. The number of hydrogen-bond donors (Lipinski definition) is 1. The summed E-state index contributed by atoms with van der Waals surface area (Å²) < 4.78 is 7.42. The van der Waals surface area contributed by atoms with Crippen molar-refractivity contribution in [2.45, 2.75) is 33.3 Å². The van der Waals surface area contributed by atoms with Crippen molar-refractivity contribution in [3.63, 3.8) is 0 Å². The van der Waals surface area contributed by atoms with Crippen molar-refractivity contribution in [2.75, 3.05) is 5.32 Å². The molecule has 0 aliphatic carbocycles. The van der Waals surface area contributed by atoms with E-state index in [1.54, 1.807) is 24.7 Å². The Balaban J connectivity index is 1.72. The van der Waals surface area contributed by atoms with E-state index >= 15 is 0 Å². The minimum absolute atomic E-state index is 0.298. The predicted molar refractivity (Wildman–Crippen MR) is 133 cm³/mol. The number of carbonyl (C=O) groups is 2. The Labute approximate surface area is 199 Å². The van der Waals surface area contributed by atoms with E-state index in [-0.39, 0.29) is 5.91 Å². The van der Waals surface area contributed by atoms with Gasteiger partial charge in [-0.2, -0.15) is 0 Å². The fourth-order valence-electron chi connectivity index (χ4n) is 3.59. The summed E-state index contributed by atoms with van der Waals surface area (Å²) in [6.07, 6.45) is 5.17. The van der Waals surface area contributed by atoms with E-state index in [0.717, 1.165) is 22.4 Å². The van der Waals surface area contributed by atoms with E-state index in [4.69, 9.17) is 4.74 Å². The number of nitrogens with zero attached hydrogens (tertiary/aromatic N) is 2. The summed E-state index contributed by atoms with van der Waals surface area (Å²) in [5, 5.41) is 2.95. The van der Waals surface area contributed by atoms with Gasteiger partial charge in [0.05, 0.1) is 17.6 Å². The molecule has 0 atom stereocenters. The zero-order valence-electron chi connectivity index (χ0n) is 19.7. The highest BCUT2D eigenvalue weighted by Gasteiger charge is 2.22. The van der Waals surface area contributed by atoms with Gasteiger partial charge in [-0.3, -0.25) is 4.79 Å². The Morgan fingerprint density at radius 3 is 2.35 bits per heavy atom. The summed E-state index contributed by atoms with van der Waals surface area (Å²) in [7, 11) is 0. The minimum atomic E-state index is -0.661. The maximum Gasteiger partial charge on any atom is 0.340 e. The number of amides is 1. The van der Waals surface area contributed by atoms with Crippen molar-refractivity contribution in [1.29, 1.82) is 0 Å². The van der Waals surface area contributed by atoms with Crippen LogP contribution in [0, 0.1) is 6.92 Å². The number of carbonyl (C=O) groups excluding carboxylic acids is 2. The summed E-state index contributed by atoms with van der Waals surface area (Å²) in [5.41, 5.74) is 4.04. The molecule has 0 fully saturated rings. The SMILES string of the molecule is Cc1ccc(-n2ccnc2)cc1C(=O)Nc1cc(-c2ccccc2)ccc1C(=O)OC(C)(C)C. The molecular weight excluding hydrogens is 426 g/mol. The Kier molecular flexibility index (Phi) is 6.32. The van der Waals surface area contributed by atoms with Crippen LogP contribution in [0.5, 0.6) is 0 Å². The number of aryl methyl sites for hydroxylation is 1. The second-order valence-corrected chi connectivity index (χ2v) is 9.05. The standard InChI is InChI=1S/C28H27N3O3/c1-19-10-12-22(31-15-14-29-18-31)17-24(19)26(32)30-25-16-21(20-8-6-5-7-9-20)11-13-23(25)27(33)34-28(2,3)4/h5-18H,1-4H3,(H,30,32). The van der Waals surface area contributed by atoms with E-state index in [9.17, 15) is 9.59 Å². The Morgan fingerprint density at radius 1 is 0.912 bits per heavy atom. The van der Waals surface area contributed by atoms with Crippen LogP contribution in [0.2, 0.25) is 0 Å². The average molecular weight is 454 g/mol. The summed E-state index contributed by atoms with van der Waals surface area (Å²) in [4.78, 5) is 30.4. The number of nitrogens with one attached hydrogen (secondary N) is 1. The normalized spacial score (nSPS) is 11.2. The highest BCUT2D eigenvalue weighted by Crippen LogP contribution is 2.28. The van der Waals surface area contributed by atoms with Gasteiger partial charge >= 0.3 is 5.97 Å². The third kappa shape index (κ3) is 5.23. The first-order valence-electron chi connectivity index (χ1n) is 11.0. The Hall–Kier alpha value is -4.19. The molecule has 0 aliphatic rings. The number of aromatic nitrogens is 2. The van der Waals surface area contributed by atoms with Gasteiger partial charge in [-0.25, -0.2) is 9.78 Å².